The summed E-state index contributed by atoms with van der Waals surface area (Å²) in [5.74, 6) is 0.368. The summed E-state index contributed by atoms with van der Waals surface area (Å²) in [7, 11) is 0. The molecule has 2 rings (SSSR count). The molecular weight excluding hydrogens is 246 g/mol. The lowest BCUT2D eigenvalue weighted by molar-refractivity contribution is 0.0944. The van der Waals surface area contributed by atoms with E-state index in [1.54, 1.807) is 18.2 Å². The Morgan fingerprint density at radius 2 is 2.21 bits per heavy atom. The molecule has 2 aromatic rings. The number of amides is 1. The number of carbonyl (C=O) groups excluding carboxylic acids is 1. The average molecular weight is 261 g/mol. The second-order valence-electron chi connectivity index (χ2n) is 3.90. The van der Waals surface area contributed by atoms with E-state index in [1.165, 1.54) is 6.26 Å². The number of nitrogens with zero attached hydrogens (tertiary/aromatic N) is 3. The van der Waals surface area contributed by atoms with Crippen LogP contribution >= 0.6 is 0 Å². The minimum absolute atomic E-state index is 0.269. The maximum absolute atomic E-state index is 11.8. The highest BCUT2D eigenvalue weighted by Crippen LogP contribution is 2.02. The Balaban J connectivity index is 1.88. The number of nitrogens with one attached hydrogen (secondary N) is 2. The Labute approximate surface area is 110 Å². The van der Waals surface area contributed by atoms with E-state index in [9.17, 15) is 4.79 Å². The van der Waals surface area contributed by atoms with Crippen molar-refractivity contribution in [2.75, 3.05) is 11.9 Å². The van der Waals surface area contributed by atoms with Gasteiger partial charge in [0.15, 0.2) is 5.69 Å². The van der Waals surface area contributed by atoms with E-state index in [2.05, 4.69) is 37.4 Å². The Bertz CT molecular complexity index is 509. The highest BCUT2D eigenvalue weighted by molar-refractivity contribution is 5.92. The van der Waals surface area contributed by atoms with Crippen molar-refractivity contribution in [2.24, 2.45) is 0 Å². The number of aromatic nitrogens is 3. The lowest BCUT2D eigenvalue weighted by atomic mass is 10.3. The Hall–Kier alpha value is -2.44. The molecule has 100 valence electrons. The first-order valence-electron chi connectivity index (χ1n) is 6.04. The summed E-state index contributed by atoms with van der Waals surface area (Å²) in [5, 5.41) is 17.2. The zero-order valence-electron chi connectivity index (χ0n) is 10.6. The molecule has 0 aromatic carbocycles. The largest absolute Gasteiger partial charge is 0.369 e. The summed E-state index contributed by atoms with van der Waals surface area (Å²) in [6.45, 7) is 3.19. The van der Waals surface area contributed by atoms with Crippen LogP contribution in [0.5, 0.6) is 0 Å². The number of anilines is 1. The Morgan fingerprint density at radius 1 is 1.32 bits per heavy atom. The Morgan fingerprint density at radius 3 is 2.84 bits per heavy atom. The molecule has 0 atom stereocenters. The third-order valence-corrected chi connectivity index (χ3v) is 2.37. The van der Waals surface area contributed by atoms with Gasteiger partial charge in [0.25, 0.3) is 5.91 Å². The van der Waals surface area contributed by atoms with Crippen LogP contribution in [0.3, 0.4) is 0 Å². The Kier molecular flexibility index (Phi) is 4.44. The van der Waals surface area contributed by atoms with Gasteiger partial charge in [-0.2, -0.15) is 0 Å². The summed E-state index contributed by atoms with van der Waals surface area (Å²) >= 11 is 0. The van der Waals surface area contributed by atoms with Crippen LogP contribution in [0.4, 0.5) is 5.82 Å². The molecule has 0 aliphatic rings. The van der Waals surface area contributed by atoms with Gasteiger partial charge in [-0.3, -0.25) is 4.79 Å². The molecule has 0 radical (unpaired) electrons. The van der Waals surface area contributed by atoms with Crippen LogP contribution < -0.4 is 10.6 Å². The van der Waals surface area contributed by atoms with Crippen molar-refractivity contribution >= 4 is 11.7 Å². The highest BCUT2D eigenvalue weighted by atomic mass is 16.5. The predicted octanol–water partition coefficient (Wildman–Crippen LogP) is 1.22. The van der Waals surface area contributed by atoms with E-state index in [1.807, 2.05) is 0 Å². The van der Waals surface area contributed by atoms with Crippen molar-refractivity contribution < 1.29 is 9.32 Å². The third-order valence-electron chi connectivity index (χ3n) is 2.37. The van der Waals surface area contributed by atoms with Crippen LogP contribution in [0, 0.1) is 0 Å². The van der Waals surface area contributed by atoms with Crippen LogP contribution in [-0.2, 0) is 6.54 Å². The lowest BCUT2D eigenvalue weighted by Gasteiger charge is -2.04. The maximum atomic E-state index is 11.8. The first-order valence-corrected chi connectivity index (χ1v) is 6.04. The van der Waals surface area contributed by atoms with Gasteiger partial charge in [-0.25, -0.2) is 0 Å². The molecule has 1 amide bonds. The first-order chi connectivity index (χ1) is 9.29. The van der Waals surface area contributed by atoms with Crippen molar-refractivity contribution in [3.05, 3.63) is 35.9 Å². The molecule has 0 fully saturated rings. The molecule has 2 aromatic heterocycles. The minimum atomic E-state index is -0.294. The van der Waals surface area contributed by atoms with Gasteiger partial charge in [0.05, 0.1) is 6.54 Å². The van der Waals surface area contributed by atoms with E-state index in [0.717, 1.165) is 13.0 Å². The van der Waals surface area contributed by atoms with Crippen molar-refractivity contribution in [3.63, 3.8) is 0 Å². The van der Waals surface area contributed by atoms with Crippen LogP contribution in [0.25, 0.3) is 0 Å². The third kappa shape index (κ3) is 3.77. The van der Waals surface area contributed by atoms with Gasteiger partial charge in [0.2, 0.25) is 0 Å². The molecule has 2 heterocycles. The summed E-state index contributed by atoms with van der Waals surface area (Å²) in [6, 6.07) is 5.04. The van der Waals surface area contributed by atoms with E-state index in [4.69, 9.17) is 0 Å². The van der Waals surface area contributed by atoms with E-state index in [-0.39, 0.29) is 11.6 Å². The minimum Gasteiger partial charge on any atom is -0.369 e. The zero-order valence-corrected chi connectivity index (χ0v) is 10.6. The maximum Gasteiger partial charge on any atom is 0.272 e. The highest BCUT2D eigenvalue weighted by Gasteiger charge is 2.08. The van der Waals surface area contributed by atoms with Crippen molar-refractivity contribution in [1.82, 2.24) is 20.7 Å². The summed E-state index contributed by atoms with van der Waals surface area (Å²) in [6.07, 6.45) is 2.46. The van der Waals surface area contributed by atoms with Gasteiger partial charge >= 0.3 is 0 Å². The predicted molar refractivity (Wildman–Crippen MR) is 68.5 cm³/mol. The van der Waals surface area contributed by atoms with Gasteiger partial charge < -0.3 is 15.2 Å². The monoisotopic (exact) mass is 261 g/mol. The molecule has 0 aliphatic carbocycles. The lowest BCUT2D eigenvalue weighted by Crippen LogP contribution is -2.24. The SMILES string of the molecule is CCCNc1ccc(C(=O)NCc2ccon2)nn1. The number of rotatable bonds is 6. The standard InChI is InChI=1S/C12H15N5O2/c1-2-6-13-11-4-3-10(15-16-11)12(18)14-8-9-5-7-19-17-9/h3-5,7H,2,6,8H2,1H3,(H,13,16)(H,14,18). The topological polar surface area (TPSA) is 92.9 Å². The molecular formula is C12H15N5O2. The van der Waals surface area contributed by atoms with Crippen LogP contribution in [-0.4, -0.2) is 27.8 Å². The molecule has 7 nitrogen and oxygen atoms in total. The summed E-state index contributed by atoms with van der Waals surface area (Å²) in [5.41, 5.74) is 0.924. The molecule has 19 heavy (non-hydrogen) atoms. The number of hydrogen-bond acceptors (Lipinski definition) is 6. The fraction of sp³-hybridized carbons (Fsp3) is 0.333. The summed E-state index contributed by atoms with van der Waals surface area (Å²) < 4.78 is 4.67. The second-order valence-corrected chi connectivity index (χ2v) is 3.90. The normalized spacial score (nSPS) is 10.2. The van der Waals surface area contributed by atoms with E-state index < -0.39 is 0 Å². The fourth-order valence-corrected chi connectivity index (χ4v) is 1.39. The molecule has 7 heteroatoms. The van der Waals surface area contributed by atoms with Crippen LogP contribution in [0.15, 0.2) is 29.0 Å². The summed E-state index contributed by atoms with van der Waals surface area (Å²) in [4.78, 5) is 11.8. The second kappa shape index (κ2) is 6.48. The fourth-order valence-electron chi connectivity index (χ4n) is 1.39. The quantitative estimate of drug-likeness (QED) is 0.812. The smallest absolute Gasteiger partial charge is 0.272 e. The number of hydrogen-bond donors (Lipinski definition) is 2. The molecule has 0 saturated carbocycles. The van der Waals surface area contributed by atoms with Crippen LogP contribution in [0.2, 0.25) is 0 Å². The van der Waals surface area contributed by atoms with Crippen molar-refractivity contribution in [2.45, 2.75) is 19.9 Å². The van der Waals surface area contributed by atoms with Crippen molar-refractivity contribution in [1.29, 1.82) is 0 Å². The molecule has 0 bridgehead atoms. The van der Waals surface area contributed by atoms with Gasteiger partial charge in [0.1, 0.15) is 17.8 Å². The first kappa shape index (κ1) is 13.0. The van der Waals surface area contributed by atoms with Gasteiger partial charge in [-0.05, 0) is 18.6 Å². The molecule has 2 N–H and O–H groups in total. The molecule has 0 saturated heterocycles. The van der Waals surface area contributed by atoms with Gasteiger partial charge in [-0.15, -0.1) is 10.2 Å². The molecule has 0 aliphatic heterocycles. The van der Waals surface area contributed by atoms with Gasteiger partial charge in [-0.1, -0.05) is 12.1 Å². The van der Waals surface area contributed by atoms with E-state index in [0.29, 0.717) is 18.1 Å². The average Bonchev–Trinajstić information content (AvgIpc) is 2.96. The van der Waals surface area contributed by atoms with Gasteiger partial charge in [0, 0.05) is 12.6 Å². The number of carbonyl (C=O) groups is 1. The zero-order chi connectivity index (χ0) is 13.5. The molecule has 0 spiro atoms. The molecule has 0 unspecified atom stereocenters. The van der Waals surface area contributed by atoms with E-state index >= 15 is 0 Å². The van der Waals surface area contributed by atoms with Crippen molar-refractivity contribution in [3.8, 4) is 0 Å². The van der Waals surface area contributed by atoms with Crippen LogP contribution in [0.1, 0.15) is 29.5 Å².